The highest BCUT2D eigenvalue weighted by atomic mass is 35.5. The van der Waals surface area contributed by atoms with Crippen LogP contribution in [0.5, 0.6) is 0 Å². The smallest absolute Gasteiger partial charge is 0.266 e. The Kier molecular flexibility index (Phi) is 5.49. The first-order valence-corrected chi connectivity index (χ1v) is 9.66. The molecule has 1 atom stereocenters. The second-order valence-electron chi connectivity index (χ2n) is 7.90. The summed E-state index contributed by atoms with van der Waals surface area (Å²) < 4.78 is 0. The highest BCUT2D eigenvalue weighted by Gasteiger charge is 2.34. The van der Waals surface area contributed by atoms with Gasteiger partial charge in [0.25, 0.3) is 5.91 Å². The lowest BCUT2D eigenvalue weighted by Gasteiger charge is -2.45. The Hall–Kier alpha value is -2.77. The van der Waals surface area contributed by atoms with Crippen LogP contribution in [0.1, 0.15) is 44.2 Å². The molecule has 4 nitrogen and oxygen atoms in total. The number of para-hydroxylation sites is 1. The zero-order chi connectivity index (χ0) is 20.5. The molecule has 0 unspecified atom stereocenters. The van der Waals surface area contributed by atoms with Gasteiger partial charge >= 0.3 is 0 Å². The van der Waals surface area contributed by atoms with Crippen molar-refractivity contribution in [2.24, 2.45) is 0 Å². The predicted molar refractivity (Wildman–Crippen MR) is 116 cm³/mol. The molecule has 0 aliphatic carbocycles. The topological polar surface area (TPSA) is 56.1 Å². The first kappa shape index (κ1) is 20.0. The summed E-state index contributed by atoms with van der Waals surface area (Å²) in [5.74, 6) is -0.0944. The maximum atomic E-state index is 12.5. The van der Waals surface area contributed by atoms with Gasteiger partial charge in [-0.25, -0.2) is 0 Å². The van der Waals surface area contributed by atoms with Gasteiger partial charge in [0.15, 0.2) is 0 Å². The first-order chi connectivity index (χ1) is 13.2. The lowest BCUT2D eigenvalue weighted by molar-refractivity contribution is -0.112. The minimum Gasteiger partial charge on any atom is -0.369 e. The Morgan fingerprint density at radius 1 is 1.32 bits per heavy atom. The lowest BCUT2D eigenvalue weighted by atomic mass is 9.80. The second-order valence-corrected chi connectivity index (χ2v) is 8.31. The largest absolute Gasteiger partial charge is 0.369 e. The van der Waals surface area contributed by atoms with Crippen molar-refractivity contribution in [2.45, 2.75) is 38.6 Å². The number of amides is 1. The Bertz CT molecular complexity index is 973. The van der Waals surface area contributed by atoms with Gasteiger partial charge in [0, 0.05) is 29.0 Å². The van der Waals surface area contributed by atoms with E-state index in [-0.39, 0.29) is 11.1 Å². The third-order valence-corrected chi connectivity index (χ3v) is 5.78. The van der Waals surface area contributed by atoms with Gasteiger partial charge < -0.3 is 10.2 Å². The van der Waals surface area contributed by atoms with Crippen LogP contribution in [0.3, 0.4) is 0 Å². The molecule has 3 rings (SSSR count). The van der Waals surface area contributed by atoms with E-state index < -0.39 is 5.91 Å². The average molecular weight is 394 g/mol. The third kappa shape index (κ3) is 3.90. The Morgan fingerprint density at radius 3 is 2.64 bits per heavy atom. The highest BCUT2D eigenvalue weighted by Crippen LogP contribution is 2.44. The number of nitrogens with one attached hydrogen (secondary N) is 1. The third-order valence-electron chi connectivity index (χ3n) is 5.45. The summed E-state index contributed by atoms with van der Waals surface area (Å²) in [4.78, 5) is 14.7. The normalized spacial score (nSPS) is 18.2. The molecule has 1 amide bonds. The van der Waals surface area contributed by atoms with Crippen LogP contribution in [0, 0.1) is 11.3 Å². The summed E-state index contributed by atoms with van der Waals surface area (Å²) in [7, 11) is 2.07. The van der Waals surface area contributed by atoms with Crippen LogP contribution in [0.25, 0.3) is 6.08 Å². The van der Waals surface area contributed by atoms with Crippen LogP contribution in [0.2, 0.25) is 5.02 Å². The number of benzene rings is 2. The number of hydrogen-bond donors (Lipinski definition) is 1. The second kappa shape index (κ2) is 7.69. The zero-order valence-corrected chi connectivity index (χ0v) is 17.3. The van der Waals surface area contributed by atoms with Crippen LogP contribution in [-0.4, -0.2) is 18.5 Å². The molecule has 28 heavy (non-hydrogen) atoms. The number of nitriles is 1. The van der Waals surface area contributed by atoms with Gasteiger partial charge in [0.05, 0.1) is 0 Å². The van der Waals surface area contributed by atoms with Crippen LogP contribution in [0.4, 0.5) is 11.4 Å². The van der Waals surface area contributed by atoms with Gasteiger partial charge in [0.1, 0.15) is 11.6 Å². The number of hydrogen-bond acceptors (Lipinski definition) is 3. The van der Waals surface area contributed by atoms with Gasteiger partial charge in [-0.05, 0) is 67.7 Å². The van der Waals surface area contributed by atoms with Crippen molar-refractivity contribution in [3.05, 3.63) is 64.2 Å². The molecule has 0 fully saturated rings. The van der Waals surface area contributed by atoms with Gasteiger partial charge in [-0.3, -0.25) is 4.79 Å². The predicted octanol–water partition coefficient (Wildman–Crippen LogP) is 5.61. The average Bonchev–Trinajstić information content (AvgIpc) is 2.65. The fourth-order valence-corrected chi connectivity index (χ4v) is 3.95. The van der Waals surface area contributed by atoms with E-state index in [0.29, 0.717) is 22.2 Å². The van der Waals surface area contributed by atoms with Crippen LogP contribution >= 0.6 is 11.6 Å². The number of fused-ring (bicyclic) bond motifs is 1. The molecule has 1 N–H and O–H groups in total. The minimum atomic E-state index is -0.450. The molecule has 5 heteroatoms. The van der Waals surface area contributed by atoms with E-state index in [1.54, 1.807) is 18.2 Å². The molecule has 1 aliphatic heterocycles. The molecule has 0 saturated heterocycles. The molecule has 1 heterocycles. The molecular weight excluding hydrogens is 370 g/mol. The highest BCUT2D eigenvalue weighted by molar-refractivity contribution is 6.32. The van der Waals surface area contributed by atoms with E-state index in [1.807, 2.05) is 36.4 Å². The van der Waals surface area contributed by atoms with Crippen molar-refractivity contribution < 1.29 is 4.79 Å². The summed E-state index contributed by atoms with van der Waals surface area (Å²) in [6, 6.07) is 15.0. The summed E-state index contributed by atoms with van der Waals surface area (Å²) in [5, 5.41) is 12.8. The van der Waals surface area contributed by atoms with Crippen molar-refractivity contribution in [3.8, 4) is 6.07 Å². The summed E-state index contributed by atoms with van der Waals surface area (Å²) in [6.07, 6.45) is 2.58. The number of carbonyl (C=O) groups excluding carboxylic acids is 1. The van der Waals surface area contributed by atoms with E-state index in [9.17, 15) is 10.1 Å². The van der Waals surface area contributed by atoms with Crippen LogP contribution in [0.15, 0.2) is 48.0 Å². The molecule has 1 aliphatic rings. The van der Waals surface area contributed by atoms with Gasteiger partial charge in [-0.1, -0.05) is 36.7 Å². The number of rotatable bonds is 3. The van der Waals surface area contributed by atoms with Crippen LogP contribution < -0.4 is 10.2 Å². The van der Waals surface area contributed by atoms with E-state index in [1.165, 1.54) is 5.56 Å². The number of anilines is 2. The minimum absolute atomic E-state index is 0.0165. The van der Waals surface area contributed by atoms with E-state index in [0.717, 1.165) is 12.1 Å². The van der Waals surface area contributed by atoms with Crippen molar-refractivity contribution in [1.82, 2.24) is 0 Å². The van der Waals surface area contributed by atoms with Gasteiger partial charge in [-0.15, -0.1) is 0 Å². The maximum absolute atomic E-state index is 12.5. The summed E-state index contributed by atoms with van der Waals surface area (Å²) in [6.45, 7) is 6.63. The van der Waals surface area contributed by atoms with E-state index in [2.05, 4.69) is 38.0 Å². The summed E-state index contributed by atoms with van der Waals surface area (Å²) in [5.41, 5.74) is 3.66. The molecule has 0 bridgehead atoms. The fourth-order valence-electron chi connectivity index (χ4n) is 3.74. The SMILES string of the molecule is C[C@@H]1CC(C)(C)N(C)c2cc(Cl)c(/C=C(/C#N)C(=O)Nc3ccccc3)cc21. The molecule has 0 aromatic heterocycles. The molecule has 0 radical (unpaired) electrons. The van der Waals surface area contributed by atoms with Crippen molar-refractivity contribution in [2.75, 3.05) is 17.3 Å². The summed E-state index contributed by atoms with van der Waals surface area (Å²) >= 11 is 6.52. The number of carbonyl (C=O) groups is 1. The maximum Gasteiger partial charge on any atom is 0.266 e. The monoisotopic (exact) mass is 393 g/mol. The molecular formula is C23H24ClN3O. The van der Waals surface area contributed by atoms with E-state index >= 15 is 0 Å². The molecule has 2 aromatic carbocycles. The standard InChI is InChI=1S/C23H24ClN3O/c1-15-13-23(2,3)27(4)21-12-20(24)16(11-19(15)21)10-17(14-25)22(28)26-18-8-6-5-7-9-18/h5-12,15H,13H2,1-4H3,(H,26,28)/b17-10-/t15-/m1/s1. The van der Waals surface area contributed by atoms with Gasteiger partial charge in [-0.2, -0.15) is 5.26 Å². The van der Waals surface area contributed by atoms with E-state index in [4.69, 9.17) is 11.6 Å². The number of halogens is 1. The Morgan fingerprint density at radius 2 is 2.00 bits per heavy atom. The van der Waals surface area contributed by atoms with Crippen molar-refractivity contribution >= 4 is 35.0 Å². The number of nitrogens with zero attached hydrogens (tertiary/aromatic N) is 2. The Labute approximate surface area is 171 Å². The fraction of sp³-hybridized carbons (Fsp3) is 0.304. The Balaban J connectivity index is 1.96. The molecule has 144 valence electrons. The molecule has 0 spiro atoms. The first-order valence-electron chi connectivity index (χ1n) is 9.28. The molecule has 0 saturated carbocycles. The molecule has 2 aromatic rings. The van der Waals surface area contributed by atoms with Crippen LogP contribution in [-0.2, 0) is 4.79 Å². The zero-order valence-electron chi connectivity index (χ0n) is 16.6. The van der Waals surface area contributed by atoms with Crippen molar-refractivity contribution in [3.63, 3.8) is 0 Å². The van der Waals surface area contributed by atoms with Crippen molar-refractivity contribution in [1.29, 1.82) is 5.26 Å². The van der Waals surface area contributed by atoms with Gasteiger partial charge in [0.2, 0.25) is 0 Å². The quantitative estimate of drug-likeness (QED) is 0.544. The lowest BCUT2D eigenvalue weighted by Crippen LogP contribution is -2.45.